The quantitative estimate of drug-likeness (QED) is 0.880. The standard InChI is InChI=1S/C19H23N3O.2ClH/c1-14-3-5-15(6-4-14)16-11-17(13-21-12-16)19(23)22(2)18-7-9-20-10-8-18;;/h3-6,11-13,18,20H,7-10H2,1-2H3;2*1H. The van der Waals surface area contributed by atoms with Gasteiger partial charge in [0.05, 0.1) is 5.56 Å². The number of rotatable bonds is 3. The molecule has 6 heteroatoms. The van der Waals surface area contributed by atoms with Crippen molar-refractivity contribution in [2.75, 3.05) is 20.1 Å². The highest BCUT2D eigenvalue weighted by Crippen LogP contribution is 2.21. The minimum atomic E-state index is 0. The Morgan fingerprint density at radius 1 is 1.08 bits per heavy atom. The Morgan fingerprint density at radius 2 is 1.72 bits per heavy atom. The van der Waals surface area contributed by atoms with E-state index in [0.29, 0.717) is 11.6 Å². The number of carbonyl (C=O) groups excluding carboxylic acids is 1. The van der Waals surface area contributed by atoms with Crippen LogP contribution in [0.1, 0.15) is 28.8 Å². The van der Waals surface area contributed by atoms with Crippen molar-refractivity contribution in [2.45, 2.75) is 25.8 Å². The number of aryl methyl sites for hydroxylation is 1. The van der Waals surface area contributed by atoms with Crippen LogP contribution in [0.15, 0.2) is 42.7 Å². The van der Waals surface area contributed by atoms with Crippen LogP contribution in [0.2, 0.25) is 0 Å². The van der Waals surface area contributed by atoms with Crippen molar-refractivity contribution in [3.05, 3.63) is 53.9 Å². The molecule has 0 atom stereocenters. The van der Waals surface area contributed by atoms with Crippen molar-refractivity contribution >= 4 is 30.7 Å². The van der Waals surface area contributed by atoms with E-state index >= 15 is 0 Å². The lowest BCUT2D eigenvalue weighted by atomic mass is 10.0. The molecule has 0 aliphatic carbocycles. The first-order valence-electron chi connectivity index (χ1n) is 8.15. The number of hydrogen-bond acceptors (Lipinski definition) is 3. The van der Waals surface area contributed by atoms with E-state index in [4.69, 9.17) is 0 Å². The van der Waals surface area contributed by atoms with Crippen LogP contribution in [-0.2, 0) is 0 Å². The Hall–Kier alpha value is -1.62. The zero-order valence-corrected chi connectivity index (χ0v) is 16.2. The third-order valence-corrected chi connectivity index (χ3v) is 4.55. The topological polar surface area (TPSA) is 45.2 Å². The van der Waals surface area contributed by atoms with E-state index in [2.05, 4.69) is 41.5 Å². The number of amides is 1. The van der Waals surface area contributed by atoms with Crippen molar-refractivity contribution in [2.24, 2.45) is 0 Å². The third kappa shape index (κ3) is 5.18. The van der Waals surface area contributed by atoms with Gasteiger partial charge in [-0.1, -0.05) is 29.8 Å². The number of hydrogen-bond donors (Lipinski definition) is 1. The number of piperidine rings is 1. The Morgan fingerprint density at radius 3 is 2.36 bits per heavy atom. The fourth-order valence-corrected chi connectivity index (χ4v) is 3.02. The zero-order valence-electron chi connectivity index (χ0n) is 14.6. The van der Waals surface area contributed by atoms with Crippen molar-refractivity contribution in [3.63, 3.8) is 0 Å². The molecule has 4 nitrogen and oxygen atoms in total. The first-order chi connectivity index (χ1) is 11.1. The predicted molar refractivity (Wildman–Crippen MR) is 107 cm³/mol. The molecule has 2 heterocycles. The Kier molecular flexibility index (Phi) is 8.36. The molecule has 0 radical (unpaired) electrons. The molecule has 0 spiro atoms. The van der Waals surface area contributed by atoms with Crippen molar-refractivity contribution < 1.29 is 4.79 Å². The molecule has 1 aliphatic heterocycles. The smallest absolute Gasteiger partial charge is 0.255 e. The zero-order chi connectivity index (χ0) is 16.2. The van der Waals surface area contributed by atoms with Gasteiger partial charge in [-0.25, -0.2) is 0 Å². The normalized spacial score (nSPS) is 14.2. The maximum atomic E-state index is 12.7. The summed E-state index contributed by atoms with van der Waals surface area (Å²) in [6.07, 6.45) is 5.49. The van der Waals surface area contributed by atoms with Gasteiger partial charge in [0.15, 0.2) is 0 Å². The fraction of sp³-hybridized carbons (Fsp3) is 0.368. The number of halogens is 2. The maximum Gasteiger partial charge on any atom is 0.255 e. The van der Waals surface area contributed by atoms with E-state index in [0.717, 1.165) is 37.1 Å². The van der Waals surface area contributed by atoms with Gasteiger partial charge in [0.2, 0.25) is 0 Å². The van der Waals surface area contributed by atoms with Crippen LogP contribution in [0.3, 0.4) is 0 Å². The van der Waals surface area contributed by atoms with E-state index < -0.39 is 0 Å². The van der Waals surface area contributed by atoms with Crippen molar-refractivity contribution in [3.8, 4) is 11.1 Å². The van der Waals surface area contributed by atoms with Gasteiger partial charge in [0.1, 0.15) is 0 Å². The molecular weight excluding hydrogens is 357 g/mol. The van der Waals surface area contributed by atoms with E-state index in [-0.39, 0.29) is 30.7 Å². The summed E-state index contributed by atoms with van der Waals surface area (Å²) >= 11 is 0. The molecule has 1 N–H and O–H groups in total. The second-order valence-corrected chi connectivity index (χ2v) is 6.23. The van der Waals surface area contributed by atoms with Gasteiger partial charge in [0, 0.05) is 31.0 Å². The summed E-state index contributed by atoms with van der Waals surface area (Å²) in [6, 6.07) is 10.5. The number of carbonyl (C=O) groups is 1. The molecule has 1 aliphatic rings. The Bertz CT molecular complexity index is 685. The summed E-state index contributed by atoms with van der Waals surface area (Å²) in [5, 5.41) is 3.33. The number of aromatic nitrogens is 1. The van der Waals surface area contributed by atoms with E-state index in [1.807, 2.05) is 24.2 Å². The van der Waals surface area contributed by atoms with Crippen LogP contribution in [0, 0.1) is 6.92 Å². The van der Waals surface area contributed by atoms with Gasteiger partial charge in [-0.3, -0.25) is 9.78 Å². The number of benzene rings is 1. The lowest BCUT2D eigenvalue weighted by molar-refractivity contribution is 0.0703. The van der Waals surface area contributed by atoms with Crippen LogP contribution < -0.4 is 5.32 Å². The average molecular weight is 382 g/mol. The molecule has 1 aromatic heterocycles. The molecule has 0 bridgehead atoms. The van der Waals surface area contributed by atoms with Crippen molar-refractivity contribution in [1.82, 2.24) is 15.2 Å². The van der Waals surface area contributed by atoms with Gasteiger partial charge < -0.3 is 10.2 Å². The monoisotopic (exact) mass is 381 g/mol. The van der Waals surface area contributed by atoms with Gasteiger partial charge in [-0.05, 0) is 44.5 Å². The van der Waals surface area contributed by atoms with Crippen LogP contribution in [0.5, 0.6) is 0 Å². The molecule has 136 valence electrons. The predicted octanol–water partition coefficient (Wildman–Crippen LogP) is 3.72. The molecule has 1 saturated heterocycles. The van der Waals surface area contributed by atoms with E-state index in [1.165, 1.54) is 5.56 Å². The Labute approximate surface area is 161 Å². The first-order valence-corrected chi connectivity index (χ1v) is 8.15. The summed E-state index contributed by atoms with van der Waals surface area (Å²) < 4.78 is 0. The first kappa shape index (κ1) is 21.4. The summed E-state index contributed by atoms with van der Waals surface area (Å²) in [7, 11) is 1.90. The fourth-order valence-electron chi connectivity index (χ4n) is 3.02. The molecule has 0 unspecified atom stereocenters. The molecular formula is C19H25Cl2N3O. The highest BCUT2D eigenvalue weighted by molar-refractivity contribution is 5.95. The van der Waals surface area contributed by atoms with Crippen LogP contribution in [0.4, 0.5) is 0 Å². The van der Waals surface area contributed by atoms with Gasteiger partial charge >= 0.3 is 0 Å². The highest BCUT2D eigenvalue weighted by Gasteiger charge is 2.23. The highest BCUT2D eigenvalue weighted by atomic mass is 35.5. The third-order valence-electron chi connectivity index (χ3n) is 4.55. The summed E-state index contributed by atoms with van der Waals surface area (Å²) in [5.74, 6) is 0.0540. The van der Waals surface area contributed by atoms with Gasteiger partial charge in [0.25, 0.3) is 5.91 Å². The molecule has 1 fully saturated rings. The van der Waals surface area contributed by atoms with Gasteiger partial charge in [-0.2, -0.15) is 0 Å². The van der Waals surface area contributed by atoms with Crippen LogP contribution >= 0.6 is 24.8 Å². The molecule has 2 aromatic rings. The Balaban J connectivity index is 0.00000156. The second-order valence-electron chi connectivity index (χ2n) is 6.23. The molecule has 0 saturated carbocycles. The lowest BCUT2D eigenvalue weighted by Gasteiger charge is -2.31. The maximum absolute atomic E-state index is 12.7. The minimum absolute atomic E-state index is 0. The number of pyridine rings is 1. The molecule has 1 aromatic carbocycles. The number of nitrogens with zero attached hydrogens (tertiary/aromatic N) is 2. The molecule has 3 rings (SSSR count). The molecule has 25 heavy (non-hydrogen) atoms. The average Bonchev–Trinajstić information content (AvgIpc) is 2.62. The molecule has 1 amide bonds. The van der Waals surface area contributed by atoms with Crippen LogP contribution in [-0.4, -0.2) is 42.0 Å². The number of nitrogens with one attached hydrogen (secondary N) is 1. The second kappa shape index (κ2) is 9.76. The lowest BCUT2D eigenvalue weighted by Crippen LogP contribution is -2.44. The SMILES string of the molecule is Cc1ccc(-c2cncc(C(=O)N(C)C3CCNCC3)c2)cc1.Cl.Cl. The summed E-state index contributed by atoms with van der Waals surface area (Å²) in [5.41, 5.74) is 3.94. The largest absolute Gasteiger partial charge is 0.339 e. The summed E-state index contributed by atoms with van der Waals surface area (Å²) in [6.45, 7) is 4.02. The van der Waals surface area contributed by atoms with Gasteiger partial charge in [-0.15, -0.1) is 24.8 Å². The summed E-state index contributed by atoms with van der Waals surface area (Å²) in [4.78, 5) is 18.9. The minimum Gasteiger partial charge on any atom is -0.339 e. The van der Waals surface area contributed by atoms with Crippen molar-refractivity contribution in [1.29, 1.82) is 0 Å². The van der Waals surface area contributed by atoms with E-state index in [1.54, 1.807) is 6.20 Å². The van der Waals surface area contributed by atoms with E-state index in [9.17, 15) is 4.79 Å². The van der Waals surface area contributed by atoms with Crippen LogP contribution in [0.25, 0.3) is 11.1 Å².